The number of hydrogen-bond donors (Lipinski definition) is 0. The molecule has 0 saturated heterocycles. The number of likely N-dealkylation sites (N-methyl/N-ethyl adjacent to an activating group) is 1. The Labute approximate surface area is 593 Å². The summed E-state index contributed by atoms with van der Waals surface area (Å²) >= 11 is 0. The molecule has 0 aliphatic carbocycles. The minimum atomic E-state index is -1.65. The van der Waals surface area contributed by atoms with Crippen molar-refractivity contribution in [1.29, 1.82) is 0 Å². The second kappa shape index (κ2) is 75.1. The molecular formula is C88H135NO8. The molecule has 0 spiro atoms. The summed E-state index contributed by atoms with van der Waals surface area (Å²) in [4.78, 5) is 37.6. The summed E-state index contributed by atoms with van der Waals surface area (Å²) in [5.74, 6) is -2.36. The predicted molar refractivity (Wildman–Crippen MR) is 416 cm³/mol. The third-order valence-corrected chi connectivity index (χ3v) is 14.9. The van der Waals surface area contributed by atoms with Gasteiger partial charge >= 0.3 is 11.9 Å². The molecule has 0 saturated carbocycles. The van der Waals surface area contributed by atoms with Crippen LogP contribution in [0.5, 0.6) is 0 Å². The monoisotopic (exact) mass is 1330 g/mol. The number of nitrogens with zero attached hydrogens (tertiary/aromatic N) is 1. The van der Waals surface area contributed by atoms with Crippen molar-refractivity contribution in [2.75, 3.05) is 47.5 Å². The van der Waals surface area contributed by atoms with E-state index in [9.17, 15) is 19.5 Å². The summed E-state index contributed by atoms with van der Waals surface area (Å²) in [6, 6.07) is 0. The maximum absolute atomic E-state index is 12.9. The Balaban J connectivity index is 4.26. The number of hydrogen-bond acceptors (Lipinski definition) is 8. The van der Waals surface area contributed by atoms with E-state index in [4.69, 9.17) is 18.9 Å². The average Bonchev–Trinajstić information content (AvgIpc) is 3.11. The standard InChI is InChI=1S/C88H135NO8/c1-6-8-10-12-14-16-18-20-22-24-26-28-30-32-34-36-38-40-42-43-45-47-49-51-53-55-57-59-61-63-65-67-69-71-73-75-77-79-86(91)97-84(83-96-88(87(92)93)94-81-80-89(3,4)5)82-95-85(90)78-76-74-72-70-68-66-64-62-60-58-56-54-52-50-48-46-44-41-39-37-35-33-31-29-27-25-23-21-19-17-15-13-11-9-7-2/h8-11,14-17,20-23,26-29,32-35,38-41,43,45-46,48-49,51-52,54-55,57,61,63,67,69,84,88H,6-7,12-13,18-19,24-25,30-31,36-37,42,44,47,50,53,56,58-60,62,64-66,68,70-83H2,1-5H3/b10-8-,11-9-,16-14-,17-15-,22-20-,23-21-,28-26-,29-27-,34-32-,35-33-,40-38-,41-39-,45-43-,48-46-,51-49-,54-52-,57-55-,63-61-,69-67-. The van der Waals surface area contributed by atoms with Crippen LogP contribution in [-0.4, -0.2) is 82.3 Å². The zero-order valence-corrected chi connectivity index (χ0v) is 61.6. The van der Waals surface area contributed by atoms with Crippen LogP contribution < -0.4 is 5.11 Å². The molecule has 9 nitrogen and oxygen atoms in total. The van der Waals surface area contributed by atoms with Gasteiger partial charge in [0.1, 0.15) is 13.2 Å². The number of allylic oxidation sites excluding steroid dienone is 38. The first-order valence-electron chi connectivity index (χ1n) is 37.5. The summed E-state index contributed by atoms with van der Waals surface area (Å²) in [5.41, 5.74) is 0. The number of aliphatic carboxylic acids is 1. The van der Waals surface area contributed by atoms with Crippen LogP contribution in [0.3, 0.4) is 0 Å². The number of carboxylic acid groups (broad SMARTS) is 1. The van der Waals surface area contributed by atoms with Crippen molar-refractivity contribution in [3.05, 3.63) is 231 Å². The highest BCUT2D eigenvalue weighted by molar-refractivity contribution is 5.70. The van der Waals surface area contributed by atoms with Gasteiger partial charge in [-0.2, -0.15) is 0 Å². The lowest BCUT2D eigenvalue weighted by Gasteiger charge is -2.26. The van der Waals surface area contributed by atoms with Gasteiger partial charge in [-0.15, -0.1) is 0 Å². The van der Waals surface area contributed by atoms with Gasteiger partial charge in [0.2, 0.25) is 0 Å². The largest absolute Gasteiger partial charge is 0.545 e. The highest BCUT2D eigenvalue weighted by Gasteiger charge is 2.22. The van der Waals surface area contributed by atoms with Crippen LogP contribution in [0.2, 0.25) is 0 Å². The van der Waals surface area contributed by atoms with Crippen LogP contribution in [0.25, 0.3) is 0 Å². The molecule has 0 aliphatic rings. The molecule has 2 atom stereocenters. The van der Waals surface area contributed by atoms with E-state index in [1.807, 2.05) is 21.1 Å². The highest BCUT2D eigenvalue weighted by Crippen LogP contribution is 2.14. The van der Waals surface area contributed by atoms with Crippen molar-refractivity contribution in [2.45, 2.75) is 257 Å². The number of ether oxygens (including phenoxy) is 4. The fourth-order valence-electron chi connectivity index (χ4n) is 9.26. The SMILES string of the molecule is CC/C=C\C/C=C\C/C=C\C/C=C\C/C=C\C/C=C\C/C=C\C/C=C\C/C=C\C/C=C\C/C=C\CCCCCC(=O)OC(COC(=O)CCCCCCCCCCCC/C=C\C/C=C\C/C=C\C/C=C\C/C=C\C/C=C\C/C=C\C/C=C\CC)COC(OCC[N+](C)(C)C)C(=O)[O-]. The first-order chi connectivity index (χ1) is 47.6. The van der Waals surface area contributed by atoms with Crippen molar-refractivity contribution in [1.82, 2.24) is 0 Å². The first-order valence-corrected chi connectivity index (χ1v) is 37.5. The van der Waals surface area contributed by atoms with E-state index in [0.717, 1.165) is 173 Å². The Morgan fingerprint density at radius 3 is 0.835 bits per heavy atom. The fraction of sp³-hybridized carbons (Fsp3) is 0.534. The maximum Gasteiger partial charge on any atom is 0.306 e. The number of quaternary nitrogens is 1. The summed E-state index contributed by atoms with van der Waals surface area (Å²) < 4.78 is 22.8. The number of carbonyl (C=O) groups excluding carboxylic acids is 3. The van der Waals surface area contributed by atoms with Crippen LogP contribution in [0.15, 0.2) is 231 Å². The van der Waals surface area contributed by atoms with Crippen LogP contribution in [0.1, 0.15) is 245 Å². The van der Waals surface area contributed by atoms with Gasteiger partial charge in [0, 0.05) is 12.8 Å². The minimum absolute atomic E-state index is 0.127. The molecule has 0 aliphatic heterocycles. The van der Waals surface area contributed by atoms with Crippen molar-refractivity contribution in [2.24, 2.45) is 0 Å². The molecule has 97 heavy (non-hydrogen) atoms. The Morgan fingerprint density at radius 2 is 0.557 bits per heavy atom. The van der Waals surface area contributed by atoms with E-state index < -0.39 is 24.3 Å². The van der Waals surface area contributed by atoms with Gasteiger partial charge in [0.15, 0.2) is 12.4 Å². The second-order valence-electron chi connectivity index (χ2n) is 25.1. The molecule has 0 radical (unpaired) electrons. The lowest BCUT2D eigenvalue weighted by molar-refractivity contribution is -0.870. The van der Waals surface area contributed by atoms with E-state index in [0.29, 0.717) is 17.4 Å². The molecule has 0 fully saturated rings. The zero-order valence-electron chi connectivity index (χ0n) is 61.6. The molecule has 9 heteroatoms. The molecule has 0 N–H and O–H groups in total. The summed E-state index contributed by atoms with van der Waals surface area (Å²) in [5, 5.41) is 11.8. The van der Waals surface area contributed by atoms with Crippen LogP contribution >= 0.6 is 0 Å². The zero-order chi connectivity index (χ0) is 70.4. The van der Waals surface area contributed by atoms with Gasteiger partial charge in [-0.3, -0.25) is 9.59 Å². The number of rotatable bonds is 66. The fourth-order valence-corrected chi connectivity index (χ4v) is 9.26. The van der Waals surface area contributed by atoms with Gasteiger partial charge < -0.3 is 33.3 Å². The van der Waals surface area contributed by atoms with Crippen LogP contribution in [0, 0.1) is 0 Å². The third kappa shape index (κ3) is 76.6. The van der Waals surface area contributed by atoms with Gasteiger partial charge in [-0.1, -0.05) is 303 Å². The number of carboxylic acids is 1. The Kier molecular flexibility index (Phi) is 70.0. The Bertz CT molecular complexity index is 2450. The maximum atomic E-state index is 12.9. The molecule has 0 amide bonds. The Hall–Kier alpha value is -6.65. The molecule has 0 rings (SSSR count). The van der Waals surface area contributed by atoms with E-state index in [-0.39, 0.29) is 38.6 Å². The van der Waals surface area contributed by atoms with E-state index in [1.54, 1.807) is 0 Å². The van der Waals surface area contributed by atoms with Gasteiger partial charge in [0.05, 0.1) is 40.3 Å². The van der Waals surface area contributed by atoms with Crippen LogP contribution in [0.4, 0.5) is 0 Å². The first kappa shape index (κ1) is 90.4. The highest BCUT2D eigenvalue weighted by atomic mass is 16.7. The van der Waals surface area contributed by atoms with E-state index in [1.165, 1.54) is 38.5 Å². The van der Waals surface area contributed by atoms with Crippen molar-refractivity contribution in [3.63, 3.8) is 0 Å². The van der Waals surface area contributed by atoms with Crippen molar-refractivity contribution >= 4 is 17.9 Å². The smallest absolute Gasteiger partial charge is 0.306 e. The molecule has 0 aromatic rings. The lowest BCUT2D eigenvalue weighted by atomic mass is 10.1. The van der Waals surface area contributed by atoms with E-state index in [2.05, 4.69) is 245 Å². The van der Waals surface area contributed by atoms with Crippen molar-refractivity contribution in [3.8, 4) is 0 Å². The molecular weight excluding hydrogens is 1200 g/mol. The van der Waals surface area contributed by atoms with Gasteiger partial charge in [0.25, 0.3) is 0 Å². The molecule has 0 aromatic heterocycles. The normalized spacial score (nSPS) is 14.0. The Morgan fingerprint density at radius 1 is 0.309 bits per heavy atom. The lowest BCUT2D eigenvalue weighted by Crippen LogP contribution is -2.44. The number of unbranched alkanes of at least 4 members (excludes halogenated alkanes) is 13. The van der Waals surface area contributed by atoms with E-state index >= 15 is 0 Å². The van der Waals surface area contributed by atoms with Crippen LogP contribution in [-0.2, 0) is 33.3 Å². The van der Waals surface area contributed by atoms with Gasteiger partial charge in [-0.05, 0) is 161 Å². The summed E-state index contributed by atoms with van der Waals surface area (Å²) in [6.07, 6.45) is 117. The summed E-state index contributed by atoms with van der Waals surface area (Å²) in [6.45, 7) is 4.44. The molecule has 540 valence electrons. The predicted octanol–water partition coefficient (Wildman–Crippen LogP) is 22.9. The molecule has 2 unspecified atom stereocenters. The average molecular weight is 1340 g/mol. The summed E-state index contributed by atoms with van der Waals surface area (Å²) in [7, 11) is 5.90. The number of esters is 2. The van der Waals surface area contributed by atoms with Gasteiger partial charge in [-0.25, -0.2) is 0 Å². The van der Waals surface area contributed by atoms with Crippen molar-refractivity contribution < 1.29 is 42.9 Å². The molecule has 0 bridgehead atoms. The second-order valence-corrected chi connectivity index (χ2v) is 25.1. The third-order valence-electron chi connectivity index (χ3n) is 14.9. The number of carbonyl (C=O) groups is 3. The minimum Gasteiger partial charge on any atom is -0.545 e. The molecule has 0 heterocycles. The topological polar surface area (TPSA) is 111 Å². The quantitative estimate of drug-likeness (QED) is 0.0195. The molecule has 0 aromatic carbocycles.